The number of phosphoric ester groups is 1. The Labute approximate surface area is 265 Å². The lowest BCUT2D eigenvalue weighted by atomic mass is 9.98. The van der Waals surface area contributed by atoms with E-state index in [0.29, 0.717) is 0 Å². The molecule has 47 heavy (non-hydrogen) atoms. The summed E-state index contributed by atoms with van der Waals surface area (Å²) in [4.78, 5) is 21.4. The topological polar surface area (TPSA) is 300 Å². The number of benzene rings is 2. The predicted molar refractivity (Wildman–Crippen MR) is 151 cm³/mol. The molecule has 2 heterocycles. The van der Waals surface area contributed by atoms with Crippen LogP contribution in [-0.2, 0) is 45.6 Å². The number of nitrogens with zero attached hydrogens (tertiary/aromatic N) is 2. The van der Waals surface area contributed by atoms with Crippen LogP contribution in [0.25, 0.3) is 0 Å². The number of phosphoric acid groups is 1. The Hall–Kier alpha value is -3.05. The predicted octanol–water partition coefficient (Wildman–Crippen LogP) is -1.01. The highest BCUT2D eigenvalue weighted by atomic mass is 31.2. The maximum absolute atomic E-state index is 13.8. The van der Waals surface area contributed by atoms with Gasteiger partial charge in [0.1, 0.15) is 48.8 Å². The number of nitro benzene ring substituents is 2. The molecule has 0 spiro atoms. The molecule has 0 saturated carbocycles. The molecule has 0 radical (unpaired) electrons. The lowest BCUT2D eigenvalue weighted by molar-refractivity contribution is -0.385. The largest absolute Gasteiger partial charge is 0.475 e. The summed E-state index contributed by atoms with van der Waals surface area (Å²) in [5, 5.41) is 94.1. The fourth-order valence-corrected chi connectivity index (χ4v) is 5.82. The van der Waals surface area contributed by atoms with Crippen molar-refractivity contribution in [1.82, 2.24) is 0 Å². The molecular weight excluding hydrogens is 659 g/mol. The zero-order chi connectivity index (χ0) is 34.5. The molecule has 2 fully saturated rings. The van der Waals surface area contributed by atoms with E-state index >= 15 is 0 Å². The summed E-state index contributed by atoms with van der Waals surface area (Å²) >= 11 is 0. The number of para-hydroxylation sites is 2. The van der Waals surface area contributed by atoms with Gasteiger partial charge in [0, 0.05) is 12.1 Å². The lowest BCUT2D eigenvalue weighted by Crippen LogP contribution is -2.63. The monoisotopic (exact) mass is 692 g/mol. The summed E-state index contributed by atoms with van der Waals surface area (Å²) in [5.41, 5.74) is -0.879. The van der Waals surface area contributed by atoms with Crippen molar-refractivity contribution in [2.75, 3.05) is 13.2 Å². The molecule has 2 aliphatic rings. The standard InChI is InChI=1S/C26H33N2O18P/c29-9-17-19(30)21(32)23(34)25(44-17)46-26-24(35)22(33)20(31)18(45-26)12-43-47(40,41-10-13-5-1-3-7-15(13)27(36)37)42-11-14-6-2-4-8-16(14)28(38)39/h1-8,17-26,29-35H,9-12H2/t17?,18?,19-,20-,21?,22+,23?,24?,25-,26-/m1/s1. The van der Waals surface area contributed by atoms with Crippen LogP contribution >= 0.6 is 7.82 Å². The second-order valence-corrected chi connectivity index (χ2v) is 12.1. The number of nitro groups is 2. The Morgan fingerprint density at radius 3 is 1.53 bits per heavy atom. The maximum atomic E-state index is 13.8. The van der Waals surface area contributed by atoms with Gasteiger partial charge in [-0.05, 0) is 12.1 Å². The average molecular weight is 693 g/mol. The van der Waals surface area contributed by atoms with E-state index in [0.717, 1.165) is 12.1 Å². The first-order chi connectivity index (χ1) is 22.3. The molecule has 0 bridgehead atoms. The van der Waals surface area contributed by atoms with Crippen molar-refractivity contribution >= 4 is 19.2 Å². The van der Waals surface area contributed by atoms with Crippen molar-refractivity contribution in [3.05, 3.63) is 79.9 Å². The van der Waals surface area contributed by atoms with Crippen LogP contribution in [0.4, 0.5) is 11.4 Å². The van der Waals surface area contributed by atoms with Gasteiger partial charge < -0.3 is 50.0 Å². The number of ether oxygens (including phenoxy) is 3. The number of hydrogen-bond donors (Lipinski definition) is 7. The normalized spacial score (nSPS) is 31.4. The van der Waals surface area contributed by atoms with E-state index in [-0.39, 0.29) is 11.1 Å². The zero-order valence-electron chi connectivity index (χ0n) is 24.2. The van der Waals surface area contributed by atoms with Crippen molar-refractivity contribution in [3.63, 3.8) is 0 Å². The van der Waals surface area contributed by atoms with Crippen LogP contribution in [0, 0.1) is 20.2 Å². The van der Waals surface area contributed by atoms with Crippen LogP contribution in [0.15, 0.2) is 48.5 Å². The number of rotatable bonds is 14. The third-order valence-corrected chi connectivity index (χ3v) is 8.67. The highest BCUT2D eigenvalue weighted by Gasteiger charge is 2.50. The molecule has 20 nitrogen and oxygen atoms in total. The van der Waals surface area contributed by atoms with Gasteiger partial charge in [-0.3, -0.25) is 33.8 Å². The van der Waals surface area contributed by atoms with Gasteiger partial charge in [0.15, 0.2) is 12.6 Å². The van der Waals surface area contributed by atoms with Crippen molar-refractivity contribution in [1.29, 1.82) is 0 Å². The van der Waals surface area contributed by atoms with E-state index in [1.54, 1.807) is 0 Å². The number of hydrogen-bond acceptors (Lipinski definition) is 18. The first kappa shape index (κ1) is 36.8. The van der Waals surface area contributed by atoms with Gasteiger partial charge >= 0.3 is 7.82 Å². The van der Waals surface area contributed by atoms with Crippen molar-refractivity contribution < 1.29 is 77.9 Å². The Morgan fingerprint density at radius 1 is 0.660 bits per heavy atom. The quantitative estimate of drug-likeness (QED) is 0.0708. The van der Waals surface area contributed by atoms with E-state index in [1.165, 1.54) is 36.4 Å². The number of aliphatic hydroxyl groups excluding tert-OH is 7. The zero-order valence-corrected chi connectivity index (χ0v) is 25.1. The molecule has 7 N–H and O–H groups in total. The first-order valence-corrected chi connectivity index (χ1v) is 15.4. The summed E-state index contributed by atoms with van der Waals surface area (Å²) < 4.78 is 45.8. The highest BCUT2D eigenvalue weighted by Crippen LogP contribution is 2.52. The summed E-state index contributed by atoms with van der Waals surface area (Å²) in [6.07, 6.45) is -18.3. The van der Waals surface area contributed by atoms with Gasteiger partial charge in [-0.15, -0.1) is 0 Å². The Bertz CT molecular complexity index is 1370. The van der Waals surface area contributed by atoms with Crippen molar-refractivity contribution in [2.45, 2.75) is 74.6 Å². The lowest BCUT2D eigenvalue weighted by Gasteiger charge is -2.44. The van der Waals surface area contributed by atoms with E-state index in [9.17, 15) is 60.5 Å². The minimum absolute atomic E-state index is 0.0453. The average Bonchev–Trinajstić information content (AvgIpc) is 3.06. The summed E-state index contributed by atoms with van der Waals surface area (Å²) in [5.74, 6) is 0. The van der Waals surface area contributed by atoms with Crippen LogP contribution in [0.1, 0.15) is 11.1 Å². The molecule has 2 aliphatic heterocycles. The van der Waals surface area contributed by atoms with Gasteiger partial charge in [-0.1, -0.05) is 24.3 Å². The smallest absolute Gasteiger partial charge is 0.394 e. The third kappa shape index (κ3) is 8.71. The van der Waals surface area contributed by atoms with Gasteiger partial charge in [0.05, 0.1) is 47.4 Å². The summed E-state index contributed by atoms with van der Waals surface area (Å²) in [7, 11) is -4.85. The minimum Gasteiger partial charge on any atom is -0.394 e. The highest BCUT2D eigenvalue weighted by molar-refractivity contribution is 7.48. The van der Waals surface area contributed by atoms with E-state index in [2.05, 4.69) is 0 Å². The molecule has 2 aromatic carbocycles. The second kappa shape index (κ2) is 15.9. The molecule has 10 atom stereocenters. The Kier molecular flexibility index (Phi) is 12.4. The van der Waals surface area contributed by atoms with Gasteiger partial charge in [0.2, 0.25) is 0 Å². The van der Waals surface area contributed by atoms with Crippen LogP contribution < -0.4 is 0 Å². The molecule has 2 aromatic rings. The summed E-state index contributed by atoms with van der Waals surface area (Å²) in [6.45, 7) is -3.14. The van der Waals surface area contributed by atoms with Crippen LogP contribution in [0.3, 0.4) is 0 Å². The molecular formula is C26H33N2O18P. The molecule has 260 valence electrons. The fraction of sp³-hybridized carbons (Fsp3) is 0.538. The van der Waals surface area contributed by atoms with Crippen molar-refractivity contribution in [3.8, 4) is 0 Å². The molecule has 5 unspecified atom stereocenters. The molecule has 0 amide bonds. The summed E-state index contributed by atoms with van der Waals surface area (Å²) in [6, 6.07) is 10.6. The van der Waals surface area contributed by atoms with Crippen molar-refractivity contribution in [2.24, 2.45) is 0 Å². The van der Waals surface area contributed by atoms with Crippen LogP contribution in [0.5, 0.6) is 0 Å². The molecule has 0 aliphatic carbocycles. The Morgan fingerprint density at radius 2 is 1.09 bits per heavy atom. The van der Waals surface area contributed by atoms with Crippen LogP contribution in [-0.4, -0.2) is 120 Å². The Balaban J connectivity index is 1.52. The second-order valence-electron chi connectivity index (χ2n) is 10.4. The third-order valence-electron chi connectivity index (χ3n) is 7.32. The SMILES string of the molecule is O=[N+]([O-])c1ccccc1COP(=O)(OCc1ccccc1[N+](=O)[O-])OCC1O[C@H](O[C@H]2OC(CO)[C@@H](O)C(O)C2O)C(O)[C@@H](O)[C@@H]1O. The molecule has 0 aromatic heterocycles. The van der Waals surface area contributed by atoms with E-state index in [4.69, 9.17) is 27.8 Å². The number of aliphatic hydroxyl groups is 7. The van der Waals surface area contributed by atoms with E-state index in [1.807, 2.05) is 0 Å². The first-order valence-electron chi connectivity index (χ1n) is 13.9. The maximum Gasteiger partial charge on any atom is 0.475 e. The van der Waals surface area contributed by atoms with E-state index < -0.39 is 117 Å². The van der Waals surface area contributed by atoms with Gasteiger partial charge in [-0.2, -0.15) is 0 Å². The van der Waals surface area contributed by atoms with Gasteiger partial charge in [0.25, 0.3) is 11.4 Å². The molecule has 2 saturated heterocycles. The van der Waals surface area contributed by atoms with Gasteiger partial charge in [-0.25, -0.2) is 4.57 Å². The minimum atomic E-state index is -4.85. The molecule has 21 heteroatoms. The molecule has 4 rings (SSSR count). The van der Waals surface area contributed by atoms with Crippen LogP contribution in [0.2, 0.25) is 0 Å². The fourth-order valence-electron chi connectivity index (χ4n) is 4.67.